The molecule has 9 heteroatoms. The van der Waals surface area contributed by atoms with Gasteiger partial charge in [0.05, 0.1) is 0 Å². The quantitative estimate of drug-likeness (QED) is 0.796. The first-order valence-corrected chi connectivity index (χ1v) is 7.58. The van der Waals surface area contributed by atoms with Gasteiger partial charge in [-0.25, -0.2) is 8.42 Å². The molecular weight excluding hydrogens is 290 g/mol. The molecular formula is C10H11N3O4S2. The van der Waals surface area contributed by atoms with Gasteiger partial charge >= 0.3 is 5.97 Å². The number of sulfonamides is 1. The van der Waals surface area contributed by atoms with Crippen molar-refractivity contribution in [2.45, 2.75) is 16.2 Å². The summed E-state index contributed by atoms with van der Waals surface area (Å²) in [5.41, 5.74) is 4.10. The van der Waals surface area contributed by atoms with Gasteiger partial charge in [0.1, 0.15) is 20.7 Å². The maximum atomic E-state index is 12.3. The maximum absolute atomic E-state index is 12.3. The van der Waals surface area contributed by atoms with E-state index < -0.39 is 21.5 Å². The highest BCUT2D eigenvalue weighted by Crippen LogP contribution is 2.29. The Labute approximate surface area is 113 Å². The summed E-state index contributed by atoms with van der Waals surface area (Å²) >= 11 is 0.856. The number of nitrogens with two attached hydrogens (primary N) is 1. The molecule has 0 saturated carbocycles. The van der Waals surface area contributed by atoms with Gasteiger partial charge < -0.3 is 10.8 Å². The molecule has 19 heavy (non-hydrogen) atoms. The minimum atomic E-state index is -3.78. The van der Waals surface area contributed by atoms with Crippen LogP contribution >= 0.6 is 11.3 Å². The van der Waals surface area contributed by atoms with E-state index in [4.69, 9.17) is 16.1 Å². The number of hydrogen-bond acceptors (Lipinski definition) is 6. The summed E-state index contributed by atoms with van der Waals surface area (Å²) in [4.78, 5) is 11.3. The van der Waals surface area contributed by atoms with E-state index in [1.54, 1.807) is 0 Å². The first kappa shape index (κ1) is 14.0. The molecule has 1 aliphatic heterocycles. The van der Waals surface area contributed by atoms with Gasteiger partial charge in [-0.05, 0) is 18.6 Å². The highest BCUT2D eigenvalue weighted by atomic mass is 32.2. The molecule has 1 unspecified atom stereocenters. The number of rotatable bonds is 3. The molecule has 1 aromatic heterocycles. The maximum Gasteiger partial charge on any atom is 0.325 e. The molecule has 1 saturated heterocycles. The number of nitrogens with zero attached hydrogens (tertiary/aromatic N) is 2. The van der Waals surface area contributed by atoms with Crippen molar-refractivity contribution in [2.24, 2.45) is 5.73 Å². The number of carboxylic acids is 1. The van der Waals surface area contributed by atoms with Crippen LogP contribution in [0.25, 0.3) is 0 Å². The lowest BCUT2D eigenvalue weighted by Crippen LogP contribution is -2.50. The predicted octanol–water partition coefficient (Wildman–Crippen LogP) is -0.204. The monoisotopic (exact) mass is 301 g/mol. The SMILES string of the molecule is N#Cc1ccc(S(=O)(=O)N2CCC(N)(C(=O)O)C2)s1. The van der Waals surface area contributed by atoms with Gasteiger partial charge in [-0.15, -0.1) is 11.3 Å². The van der Waals surface area contributed by atoms with Gasteiger partial charge in [0, 0.05) is 13.1 Å². The third-order valence-corrected chi connectivity index (χ3v) is 6.28. The van der Waals surface area contributed by atoms with Crippen LogP contribution in [0.4, 0.5) is 0 Å². The Hall–Kier alpha value is -1.47. The summed E-state index contributed by atoms with van der Waals surface area (Å²) in [5, 5.41) is 17.7. The molecule has 2 rings (SSSR count). The van der Waals surface area contributed by atoms with Gasteiger partial charge in [-0.1, -0.05) is 0 Å². The second-order valence-electron chi connectivity index (χ2n) is 4.28. The molecule has 7 nitrogen and oxygen atoms in total. The Morgan fingerprint density at radius 2 is 2.26 bits per heavy atom. The zero-order valence-corrected chi connectivity index (χ0v) is 11.4. The van der Waals surface area contributed by atoms with E-state index in [0.717, 1.165) is 15.6 Å². The third kappa shape index (κ3) is 2.35. The lowest BCUT2D eigenvalue weighted by Gasteiger charge is -2.19. The van der Waals surface area contributed by atoms with Crippen molar-refractivity contribution >= 4 is 27.3 Å². The molecule has 0 amide bonds. The predicted molar refractivity (Wildman–Crippen MR) is 67.0 cm³/mol. The summed E-state index contributed by atoms with van der Waals surface area (Å²) in [5.74, 6) is -1.21. The summed E-state index contributed by atoms with van der Waals surface area (Å²) in [6, 6.07) is 4.62. The highest BCUT2D eigenvalue weighted by Gasteiger charge is 2.45. The van der Waals surface area contributed by atoms with E-state index in [1.165, 1.54) is 12.1 Å². The molecule has 0 radical (unpaired) electrons. The van der Waals surface area contributed by atoms with E-state index in [0.29, 0.717) is 0 Å². The molecule has 3 N–H and O–H groups in total. The Kier molecular flexibility index (Phi) is 3.36. The second kappa shape index (κ2) is 4.57. The Morgan fingerprint density at radius 3 is 2.74 bits per heavy atom. The second-order valence-corrected chi connectivity index (χ2v) is 7.53. The molecule has 1 atom stereocenters. The molecule has 1 aliphatic rings. The summed E-state index contributed by atoms with van der Waals surface area (Å²) in [7, 11) is -3.78. The number of carbonyl (C=O) groups is 1. The number of thiophene rings is 1. The fourth-order valence-corrected chi connectivity index (χ4v) is 4.59. The van der Waals surface area contributed by atoms with E-state index in [9.17, 15) is 13.2 Å². The lowest BCUT2D eigenvalue weighted by atomic mass is 10.0. The Bertz CT molecular complexity index is 661. The first-order valence-electron chi connectivity index (χ1n) is 5.32. The van der Waals surface area contributed by atoms with Crippen molar-refractivity contribution in [3.05, 3.63) is 17.0 Å². The molecule has 0 bridgehead atoms. The average molecular weight is 301 g/mol. The number of hydrogen-bond donors (Lipinski definition) is 2. The van der Waals surface area contributed by atoms with Crippen LogP contribution in [0.5, 0.6) is 0 Å². The first-order chi connectivity index (χ1) is 8.79. The topological polar surface area (TPSA) is 124 Å². The van der Waals surface area contributed by atoms with Crippen LogP contribution < -0.4 is 5.73 Å². The lowest BCUT2D eigenvalue weighted by molar-refractivity contribution is -0.142. The van der Waals surface area contributed by atoms with Crippen molar-refractivity contribution in [2.75, 3.05) is 13.1 Å². The smallest absolute Gasteiger partial charge is 0.325 e. The number of carboxylic acid groups (broad SMARTS) is 1. The van der Waals surface area contributed by atoms with E-state index in [2.05, 4.69) is 0 Å². The van der Waals surface area contributed by atoms with Gasteiger partial charge in [0.25, 0.3) is 10.0 Å². The van der Waals surface area contributed by atoms with Crippen LogP contribution in [0.3, 0.4) is 0 Å². The van der Waals surface area contributed by atoms with Crippen molar-refractivity contribution in [1.29, 1.82) is 5.26 Å². The number of aliphatic carboxylic acids is 1. The third-order valence-electron chi connectivity index (χ3n) is 2.98. The van der Waals surface area contributed by atoms with Crippen molar-refractivity contribution in [3.63, 3.8) is 0 Å². The van der Waals surface area contributed by atoms with Crippen LogP contribution in [0.15, 0.2) is 16.3 Å². The van der Waals surface area contributed by atoms with Gasteiger partial charge in [0.2, 0.25) is 0 Å². The van der Waals surface area contributed by atoms with E-state index in [-0.39, 0.29) is 28.6 Å². The van der Waals surface area contributed by atoms with E-state index in [1.807, 2.05) is 6.07 Å². The average Bonchev–Trinajstić information content (AvgIpc) is 2.96. The normalized spacial score (nSPS) is 24.2. The van der Waals surface area contributed by atoms with Crippen LogP contribution in [-0.2, 0) is 14.8 Å². The largest absolute Gasteiger partial charge is 0.480 e. The van der Waals surface area contributed by atoms with Crippen LogP contribution in [0.1, 0.15) is 11.3 Å². The zero-order valence-electron chi connectivity index (χ0n) is 9.74. The van der Waals surface area contributed by atoms with Crippen molar-refractivity contribution in [1.82, 2.24) is 4.31 Å². The molecule has 1 aromatic rings. The fraction of sp³-hybridized carbons (Fsp3) is 0.400. The Morgan fingerprint density at radius 1 is 1.58 bits per heavy atom. The molecule has 0 spiro atoms. The summed E-state index contributed by atoms with van der Waals surface area (Å²) in [6.45, 7) is -0.199. The van der Waals surface area contributed by atoms with Gasteiger partial charge in [0.15, 0.2) is 0 Å². The zero-order chi connectivity index (χ0) is 14.3. The van der Waals surface area contributed by atoms with E-state index >= 15 is 0 Å². The minimum absolute atomic E-state index is 0.0266. The molecule has 2 heterocycles. The molecule has 102 valence electrons. The Balaban J connectivity index is 2.28. The highest BCUT2D eigenvalue weighted by molar-refractivity contribution is 7.91. The standard InChI is InChI=1S/C10H11N3O4S2/c11-5-7-1-2-8(18-7)19(16,17)13-4-3-10(12,6-13)9(14)15/h1-2H,3-4,6,12H2,(H,14,15). The van der Waals surface area contributed by atoms with Crippen LogP contribution in [0.2, 0.25) is 0 Å². The summed E-state index contributed by atoms with van der Waals surface area (Å²) in [6.07, 6.45) is 0.0675. The van der Waals surface area contributed by atoms with Gasteiger partial charge in [-0.2, -0.15) is 9.57 Å². The summed E-state index contributed by atoms with van der Waals surface area (Å²) < 4.78 is 25.6. The molecule has 1 fully saturated rings. The van der Waals surface area contributed by atoms with Crippen molar-refractivity contribution in [3.8, 4) is 6.07 Å². The number of nitriles is 1. The fourth-order valence-electron chi connectivity index (χ4n) is 1.82. The molecule has 0 aromatic carbocycles. The van der Waals surface area contributed by atoms with Crippen molar-refractivity contribution < 1.29 is 18.3 Å². The van der Waals surface area contributed by atoms with Gasteiger partial charge in [-0.3, -0.25) is 4.79 Å². The van der Waals surface area contributed by atoms with Crippen LogP contribution in [0, 0.1) is 11.3 Å². The molecule has 0 aliphatic carbocycles. The van der Waals surface area contributed by atoms with Crippen LogP contribution in [-0.4, -0.2) is 42.4 Å². The minimum Gasteiger partial charge on any atom is -0.480 e.